The van der Waals surface area contributed by atoms with Gasteiger partial charge in [0, 0.05) is 35.5 Å². The van der Waals surface area contributed by atoms with E-state index in [0.29, 0.717) is 18.1 Å². The predicted octanol–water partition coefficient (Wildman–Crippen LogP) is 3.55. The summed E-state index contributed by atoms with van der Waals surface area (Å²) in [6, 6.07) is 18.6. The molecule has 1 amide bonds. The number of aromatic nitrogens is 3. The Balaban J connectivity index is 1.37. The van der Waals surface area contributed by atoms with Crippen LogP contribution in [-0.2, 0) is 6.42 Å². The Morgan fingerprint density at radius 3 is 2.76 bits per heavy atom. The average Bonchev–Trinajstić information content (AvgIpc) is 3.18. The molecular weight excluding hydrogens is 364 g/mol. The van der Waals surface area contributed by atoms with Crippen LogP contribution in [0.2, 0.25) is 0 Å². The Hall–Kier alpha value is -4.18. The van der Waals surface area contributed by atoms with Crippen molar-refractivity contribution in [1.82, 2.24) is 20.3 Å². The number of carbonyl (C=O) groups is 1. The summed E-state index contributed by atoms with van der Waals surface area (Å²) in [5.41, 5.74) is 3.84. The molecule has 4 rings (SSSR count). The summed E-state index contributed by atoms with van der Waals surface area (Å²) in [4.78, 5) is 24.1. The van der Waals surface area contributed by atoms with Crippen molar-refractivity contribution >= 4 is 28.4 Å². The monoisotopic (exact) mass is 382 g/mol. The van der Waals surface area contributed by atoms with E-state index < -0.39 is 0 Å². The maximum atomic E-state index is 12.5. The second kappa shape index (κ2) is 8.23. The summed E-state index contributed by atoms with van der Waals surface area (Å²) in [6.45, 7) is 0.503. The van der Waals surface area contributed by atoms with Crippen molar-refractivity contribution < 1.29 is 4.79 Å². The van der Waals surface area contributed by atoms with Gasteiger partial charge in [0.1, 0.15) is 5.69 Å². The number of H-pyrrole nitrogens is 1. The highest BCUT2D eigenvalue weighted by Gasteiger charge is 2.10. The quantitative estimate of drug-likeness (QED) is 0.473. The minimum absolute atomic E-state index is 0.255. The molecule has 4 aromatic rings. The molecule has 0 spiro atoms. The van der Waals surface area contributed by atoms with E-state index in [2.05, 4.69) is 37.7 Å². The van der Waals surface area contributed by atoms with Crippen LogP contribution in [0.3, 0.4) is 0 Å². The standard InChI is InChI=1S/C22H18N6O/c23-13-15-5-7-17(8-6-15)27-22-25-12-10-20(28-22)21(29)24-11-9-16-14-26-19-4-2-1-3-18(16)19/h1-8,10,12,14,26H,9,11H2,(H,24,29)(H,25,27,28). The van der Waals surface area contributed by atoms with Gasteiger partial charge in [-0.05, 0) is 48.4 Å². The Labute approximate surface area is 167 Å². The lowest BCUT2D eigenvalue weighted by atomic mass is 10.1. The van der Waals surface area contributed by atoms with Gasteiger partial charge in [-0.3, -0.25) is 4.79 Å². The summed E-state index contributed by atoms with van der Waals surface area (Å²) in [5.74, 6) is 0.0640. The van der Waals surface area contributed by atoms with Gasteiger partial charge >= 0.3 is 0 Å². The fraction of sp³-hybridized carbons (Fsp3) is 0.0909. The predicted molar refractivity (Wildman–Crippen MR) is 111 cm³/mol. The van der Waals surface area contributed by atoms with Crippen LogP contribution in [0.25, 0.3) is 10.9 Å². The number of para-hydroxylation sites is 1. The molecule has 2 heterocycles. The number of carbonyl (C=O) groups excluding carboxylic acids is 1. The molecule has 142 valence electrons. The smallest absolute Gasteiger partial charge is 0.270 e. The first-order valence-electron chi connectivity index (χ1n) is 9.16. The van der Waals surface area contributed by atoms with E-state index in [1.165, 1.54) is 6.20 Å². The first-order valence-corrected chi connectivity index (χ1v) is 9.16. The summed E-state index contributed by atoms with van der Waals surface area (Å²) in [7, 11) is 0. The van der Waals surface area contributed by atoms with Crippen LogP contribution in [0.5, 0.6) is 0 Å². The van der Waals surface area contributed by atoms with Crippen LogP contribution in [0.4, 0.5) is 11.6 Å². The van der Waals surface area contributed by atoms with Gasteiger partial charge in [-0.2, -0.15) is 5.26 Å². The van der Waals surface area contributed by atoms with E-state index in [0.717, 1.165) is 28.6 Å². The topological polar surface area (TPSA) is 106 Å². The van der Waals surface area contributed by atoms with Gasteiger partial charge in [-0.15, -0.1) is 0 Å². The van der Waals surface area contributed by atoms with E-state index >= 15 is 0 Å². The third-order valence-corrected chi connectivity index (χ3v) is 4.51. The first kappa shape index (κ1) is 18.2. The molecule has 0 atom stereocenters. The molecule has 0 aliphatic carbocycles. The third-order valence-electron chi connectivity index (χ3n) is 4.51. The largest absolute Gasteiger partial charge is 0.361 e. The molecule has 0 bridgehead atoms. The number of fused-ring (bicyclic) bond motifs is 1. The minimum atomic E-state index is -0.255. The van der Waals surface area contributed by atoms with Gasteiger partial charge in [-0.1, -0.05) is 18.2 Å². The summed E-state index contributed by atoms with van der Waals surface area (Å²) in [6.07, 6.45) is 4.23. The number of rotatable bonds is 6. The van der Waals surface area contributed by atoms with Crippen LogP contribution < -0.4 is 10.6 Å². The second-order valence-electron chi connectivity index (χ2n) is 6.45. The van der Waals surface area contributed by atoms with Gasteiger partial charge in [-0.25, -0.2) is 9.97 Å². The zero-order valence-corrected chi connectivity index (χ0v) is 15.5. The molecule has 7 heteroatoms. The Morgan fingerprint density at radius 2 is 1.93 bits per heavy atom. The molecule has 29 heavy (non-hydrogen) atoms. The van der Waals surface area contributed by atoms with Crippen molar-refractivity contribution in [2.45, 2.75) is 6.42 Å². The number of nitriles is 1. The third kappa shape index (κ3) is 4.22. The zero-order valence-electron chi connectivity index (χ0n) is 15.5. The van der Waals surface area contributed by atoms with E-state index in [9.17, 15) is 4.79 Å². The SMILES string of the molecule is N#Cc1ccc(Nc2nccc(C(=O)NCCc3c[nH]c4ccccc34)n2)cc1. The molecule has 7 nitrogen and oxygen atoms in total. The number of nitrogens with one attached hydrogen (secondary N) is 3. The maximum Gasteiger partial charge on any atom is 0.270 e. The lowest BCUT2D eigenvalue weighted by molar-refractivity contribution is 0.0949. The highest BCUT2D eigenvalue weighted by atomic mass is 16.1. The number of anilines is 2. The van der Waals surface area contributed by atoms with Crippen LogP contribution in [0.15, 0.2) is 67.0 Å². The van der Waals surface area contributed by atoms with Crippen LogP contribution in [-0.4, -0.2) is 27.4 Å². The fourth-order valence-electron chi connectivity index (χ4n) is 3.04. The second-order valence-corrected chi connectivity index (χ2v) is 6.45. The molecule has 0 radical (unpaired) electrons. The summed E-state index contributed by atoms with van der Waals surface area (Å²) in [5, 5.41) is 16.0. The fourth-order valence-corrected chi connectivity index (χ4v) is 3.04. The number of aromatic amines is 1. The summed E-state index contributed by atoms with van der Waals surface area (Å²) >= 11 is 0. The first-order chi connectivity index (χ1) is 14.2. The number of amides is 1. The number of nitrogens with zero attached hydrogens (tertiary/aromatic N) is 3. The number of hydrogen-bond donors (Lipinski definition) is 3. The molecule has 0 saturated heterocycles. The van der Waals surface area contributed by atoms with Crippen LogP contribution in [0, 0.1) is 11.3 Å². The van der Waals surface area contributed by atoms with E-state index in [1.54, 1.807) is 30.3 Å². The molecule has 3 N–H and O–H groups in total. The van der Waals surface area contributed by atoms with Crippen molar-refractivity contribution in [3.8, 4) is 6.07 Å². The Morgan fingerprint density at radius 1 is 1.10 bits per heavy atom. The van der Waals surface area contributed by atoms with Crippen molar-refractivity contribution in [2.75, 3.05) is 11.9 Å². The summed E-state index contributed by atoms with van der Waals surface area (Å²) < 4.78 is 0. The van der Waals surface area contributed by atoms with E-state index in [4.69, 9.17) is 5.26 Å². The van der Waals surface area contributed by atoms with Crippen molar-refractivity contribution in [3.63, 3.8) is 0 Å². The molecule has 2 aromatic carbocycles. The Bertz CT molecular complexity index is 1190. The lowest BCUT2D eigenvalue weighted by Gasteiger charge is -2.07. The normalized spacial score (nSPS) is 10.4. The number of benzene rings is 2. The molecule has 0 aliphatic rings. The minimum Gasteiger partial charge on any atom is -0.361 e. The van der Waals surface area contributed by atoms with Crippen molar-refractivity contribution in [1.29, 1.82) is 5.26 Å². The molecule has 0 unspecified atom stereocenters. The van der Waals surface area contributed by atoms with E-state index in [1.807, 2.05) is 24.4 Å². The highest BCUT2D eigenvalue weighted by molar-refractivity contribution is 5.92. The molecular formula is C22H18N6O. The molecule has 0 fully saturated rings. The van der Waals surface area contributed by atoms with Gasteiger partial charge in [0.25, 0.3) is 5.91 Å². The van der Waals surface area contributed by atoms with Crippen molar-refractivity contribution in [2.24, 2.45) is 0 Å². The van der Waals surface area contributed by atoms with Gasteiger partial charge in [0.05, 0.1) is 11.6 Å². The maximum absolute atomic E-state index is 12.5. The number of hydrogen-bond acceptors (Lipinski definition) is 5. The van der Waals surface area contributed by atoms with Gasteiger partial charge in [0.2, 0.25) is 5.95 Å². The van der Waals surface area contributed by atoms with Crippen LogP contribution in [0.1, 0.15) is 21.6 Å². The molecule has 0 aliphatic heterocycles. The molecule has 0 saturated carbocycles. The molecule has 2 aromatic heterocycles. The van der Waals surface area contributed by atoms with Gasteiger partial charge in [0.15, 0.2) is 0 Å². The lowest BCUT2D eigenvalue weighted by Crippen LogP contribution is -2.26. The van der Waals surface area contributed by atoms with Crippen LogP contribution >= 0.6 is 0 Å². The van der Waals surface area contributed by atoms with E-state index in [-0.39, 0.29) is 11.6 Å². The Kier molecular flexibility index (Phi) is 5.16. The zero-order chi connectivity index (χ0) is 20.1. The van der Waals surface area contributed by atoms with Crippen molar-refractivity contribution in [3.05, 3.63) is 83.8 Å². The highest BCUT2D eigenvalue weighted by Crippen LogP contribution is 2.18. The van der Waals surface area contributed by atoms with Gasteiger partial charge < -0.3 is 15.6 Å². The average molecular weight is 382 g/mol.